The van der Waals surface area contributed by atoms with Crippen LogP contribution in [0.15, 0.2) is 0 Å². The van der Waals surface area contributed by atoms with Crippen molar-refractivity contribution in [1.82, 2.24) is 4.90 Å². The number of amides is 2. The molecule has 1 aliphatic carbocycles. The lowest BCUT2D eigenvalue weighted by Gasteiger charge is -2.17. The predicted octanol–water partition coefficient (Wildman–Crippen LogP) is 2.38. The molecule has 1 aliphatic heterocycles. The van der Waals surface area contributed by atoms with E-state index >= 15 is 0 Å². The second kappa shape index (κ2) is 8.53. The molecule has 2 heterocycles. The average molecular weight is 389 g/mol. The Morgan fingerprint density at radius 1 is 1.26 bits per heavy atom. The third-order valence-corrected chi connectivity index (χ3v) is 6.15. The van der Waals surface area contributed by atoms with E-state index in [-0.39, 0.29) is 12.5 Å². The number of nitrogens with one attached hydrogen (secondary N) is 1. The van der Waals surface area contributed by atoms with Crippen LogP contribution >= 0.6 is 11.3 Å². The van der Waals surface area contributed by atoms with E-state index in [4.69, 9.17) is 4.74 Å². The molecule has 1 aromatic rings. The van der Waals surface area contributed by atoms with Crippen molar-refractivity contribution in [3.63, 3.8) is 0 Å². The number of aryl methyl sites for hydroxylation is 1. The van der Waals surface area contributed by atoms with E-state index in [1.54, 1.807) is 0 Å². The molecule has 0 unspecified atom stereocenters. The maximum absolute atomic E-state index is 12.4. The summed E-state index contributed by atoms with van der Waals surface area (Å²) in [4.78, 5) is 38.6. The second-order valence-electron chi connectivity index (χ2n) is 6.92. The average Bonchev–Trinajstić information content (AvgIpc) is 3.09. The number of thiophene rings is 1. The summed E-state index contributed by atoms with van der Waals surface area (Å²) in [6.07, 6.45) is 5.28. The molecule has 8 heteroatoms. The Morgan fingerprint density at radius 2 is 2.04 bits per heavy atom. The first-order valence-corrected chi connectivity index (χ1v) is 10.1. The third-order valence-electron chi connectivity index (χ3n) is 4.94. The second-order valence-corrected chi connectivity index (χ2v) is 8.03. The van der Waals surface area contributed by atoms with E-state index in [1.807, 2.05) is 0 Å². The predicted molar refractivity (Wildman–Crippen MR) is 100 cm³/mol. The fourth-order valence-electron chi connectivity index (χ4n) is 3.48. The Bertz CT molecular complexity index is 796. The van der Waals surface area contributed by atoms with Crippen LogP contribution in [0, 0.1) is 11.3 Å². The first kappa shape index (κ1) is 19.4. The van der Waals surface area contributed by atoms with E-state index in [0.717, 1.165) is 49.0 Å². The van der Waals surface area contributed by atoms with Gasteiger partial charge in [-0.15, -0.1) is 11.3 Å². The summed E-state index contributed by atoms with van der Waals surface area (Å²) >= 11 is 1.44. The summed E-state index contributed by atoms with van der Waals surface area (Å²) in [5.41, 5.74) is 1.58. The molecule has 27 heavy (non-hydrogen) atoms. The lowest BCUT2D eigenvalue weighted by molar-refractivity contribution is -0.155. The first-order chi connectivity index (χ1) is 13.0. The molecule has 1 N–H and O–H groups in total. The monoisotopic (exact) mass is 389 g/mol. The molecular formula is C19H23N3O4S. The number of hydrogen-bond donors (Lipinski definition) is 1. The number of nitrogens with zero attached hydrogens (tertiary/aromatic N) is 2. The quantitative estimate of drug-likeness (QED) is 0.616. The number of nitriles is 1. The molecule has 7 nitrogen and oxygen atoms in total. The van der Waals surface area contributed by atoms with Gasteiger partial charge in [-0.1, -0.05) is 6.42 Å². The van der Waals surface area contributed by atoms with Crippen LogP contribution in [0.25, 0.3) is 0 Å². The summed E-state index contributed by atoms with van der Waals surface area (Å²) in [5.74, 6) is -1.14. The Labute approximate surface area is 162 Å². The number of anilines is 1. The van der Waals surface area contributed by atoms with Crippen LogP contribution in [0.4, 0.5) is 5.00 Å². The summed E-state index contributed by atoms with van der Waals surface area (Å²) in [7, 11) is 0. The van der Waals surface area contributed by atoms with Gasteiger partial charge in [0.1, 0.15) is 17.6 Å². The summed E-state index contributed by atoms with van der Waals surface area (Å²) in [6.45, 7) is 1.90. The smallest absolute Gasteiger partial charge is 0.326 e. The number of hydrogen-bond acceptors (Lipinski definition) is 6. The molecule has 0 radical (unpaired) electrons. The molecule has 1 aromatic heterocycles. The van der Waals surface area contributed by atoms with E-state index in [9.17, 15) is 19.6 Å². The van der Waals surface area contributed by atoms with Gasteiger partial charge in [0.25, 0.3) is 5.91 Å². The minimum absolute atomic E-state index is 0.0669. The van der Waals surface area contributed by atoms with Crippen molar-refractivity contribution in [3.05, 3.63) is 16.0 Å². The lowest BCUT2D eigenvalue weighted by Crippen LogP contribution is -2.36. The van der Waals surface area contributed by atoms with Crippen LogP contribution < -0.4 is 5.32 Å². The molecule has 1 atom stereocenters. The minimum Gasteiger partial charge on any atom is -0.451 e. The zero-order valence-corrected chi connectivity index (χ0v) is 16.2. The number of rotatable bonds is 5. The maximum atomic E-state index is 12.4. The molecule has 0 bridgehead atoms. The molecule has 1 saturated heterocycles. The molecule has 0 aromatic carbocycles. The van der Waals surface area contributed by atoms with E-state index in [2.05, 4.69) is 11.4 Å². The Morgan fingerprint density at radius 3 is 2.74 bits per heavy atom. The van der Waals surface area contributed by atoms with Gasteiger partial charge in [0, 0.05) is 17.8 Å². The maximum Gasteiger partial charge on any atom is 0.326 e. The van der Waals surface area contributed by atoms with Crippen LogP contribution in [0.2, 0.25) is 0 Å². The molecule has 144 valence electrons. The highest BCUT2D eigenvalue weighted by Crippen LogP contribution is 2.37. The van der Waals surface area contributed by atoms with Gasteiger partial charge in [-0.3, -0.25) is 14.4 Å². The Balaban J connectivity index is 1.60. The van der Waals surface area contributed by atoms with E-state index in [0.29, 0.717) is 23.5 Å². The number of carbonyl (C=O) groups excluding carboxylic acids is 3. The van der Waals surface area contributed by atoms with Crippen molar-refractivity contribution >= 4 is 34.1 Å². The molecule has 0 spiro atoms. The number of likely N-dealkylation sites (tertiary alicyclic amines) is 1. The van der Waals surface area contributed by atoms with Crippen molar-refractivity contribution < 1.29 is 19.1 Å². The Kier molecular flexibility index (Phi) is 6.11. The van der Waals surface area contributed by atoms with E-state index in [1.165, 1.54) is 23.2 Å². The number of fused-ring (bicyclic) bond motifs is 1. The van der Waals surface area contributed by atoms with Crippen molar-refractivity contribution in [1.29, 1.82) is 5.26 Å². The van der Waals surface area contributed by atoms with Crippen LogP contribution in [0.3, 0.4) is 0 Å². The third kappa shape index (κ3) is 4.48. The fraction of sp³-hybridized carbons (Fsp3) is 0.579. The van der Waals surface area contributed by atoms with E-state index < -0.39 is 18.0 Å². The highest BCUT2D eigenvalue weighted by molar-refractivity contribution is 7.16. The normalized spacial score (nSPS) is 17.6. The number of ether oxygens (including phenoxy) is 1. The van der Waals surface area contributed by atoms with Crippen LogP contribution in [0.5, 0.6) is 0 Å². The van der Waals surface area contributed by atoms with Gasteiger partial charge in [0.15, 0.2) is 6.10 Å². The topological polar surface area (TPSA) is 99.5 Å². The van der Waals surface area contributed by atoms with Gasteiger partial charge < -0.3 is 15.0 Å². The zero-order chi connectivity index (χ0) is 19.4. The van der Waals surface area contributed by atoms with Crippen LogP contribution in [0.1, 0.15) is 55.0 Å². The van der Waals surface area contributed by atoms with Gasteiger partial charge in [0.05, 0.1) is 5.56 Å². The Hall–Kier alpha value is -2.40. The molecule has 0 saturated carbocycles. The van der Waals surface area contributed by atoms with Crippen molar-refractivity contribution in [3.8, 4) is 6.07 Å². The SMILES string of the molecule is C[C@H](OC(=O)CN1CCCC1=O)C(=O)Nc1sc2c(c1C#N)CCCCC2. The van der Waals surface area contributed by atoms with Gasteiger partial charge >= 0.3 is 5.97 Å². The number of carbonyl (C=O) groups is 3. The minimum atomic E-state index is -0.997. The summed E-state index contributed by atoms with van der Waals surface area (Å²) in [5, 5.41) is 12.8. The van der Waals surface area contributed by atoms with Gasteiger partial charge in [-0.25, -0.2) is 0 Å². The van der Waals surface area contributed by atoms with Gasteiger partial charge in [-0.2, -0.15) is 5.26 Å². The molecule has 2 amide bonds. The first-order valence-electron chi connectivity index (χ1n) is 9.32. The standard InChI is InChI=1S/C19H23N3O4S/c1-12(26-17(24)11-22-9-5-8-16(22)23)18(25)21-19-14(10-20)13-6-3-2-4-7-15(13)27-19/h12H,2-9,11H2,1H3,(H,21,25)/t12-/m0/s1. The molecular weight excluding hydrogens is 366 g/mol. The van der Waals surface area contributed by atoms with Gasteiger partial charge in [0.2, 0.25) is 5.91 Å². The fourth-order valence-corrected chi connectivity index (χ4v) is 4.72. The van der Waals surface area contributed by atoms with Crippen molar-refractivity contribution in [2.75, 3.05) is 18.4 Å². The van der Waals surface area contributed by atoms with Gasteiger partial charge in [-0.05, 0) is 44.6 Å². The molecule has 2 aliphatic rings. The summed E-state index contributed by atoms with van der Waals surface area (Å²) in [6, 6.07) is 2.21. The summed E-state index contributed by atoms with van der Waals surface area (Å²) < 4.78 is 5.17. The largest absolute Gasteiger partial charge is 0.451 e. The lowest BCUT2D eigenvalue weighted by atomic mass is 10.1. The highest BCUT2D eigenvalue weighted by atomic mass is 32.1. The van der Waals surface area contributed by atoms with Crippen molar-refractivity contribution in [2.24, 2.45) is 0 Å². The number of esters is 1. The van der Waals surface area contributed by atoms with Crippen LogP contribution in [-0.2, 0) is 32.0 Å². The van der Waals surface area contributed by atoms with Crippen molar-refractivity contribution in [2.45, 2.75) is 58.0 Å². The molecule has 3 rings (SSSR count). The van der Waals surface area contributed by atoms with Crippen LogP contribution in [-0.4, -0.2) is 41.9 Å². The zero-order valence-electron chi connectivity index (χ0n) is 15.4. The molecule has 1 fully saturated rings. The highest BCUT2D eigenvalue weighted by Gasteiger charge is 2.27.